The van der Waals surface area contributed by atoms with Gasteiger partial charge in [0, 0.05) is 23.6 Å². The van der Waals surface area contributed by atoms with E-state index in [2.05, 4.69) is 50.2 Å². The molecule has 0 N–H and O–H groups in total. The minimum atomic E-state index is 0. The van der Waals surface area contributed by atoms with Crippen LogP contribution in [0.5, 0.6) is 0 Å². The fourth-order valence-corrected chi connectivity index (χ4v) is 13.4. The van der Waals surface area contributed by atoms with Gasteiger partial charge in [-0.2, -0.15) is 0 Å². The summed E-state index contributed by atoms with van der Waals surface area (Å²) >= 11 is 7.12. The van der Waals surface area contributed by atoms with Crippen molar-refractivity contribution in [1.29, 1.82) is 0 Å². The molecule has 9 rings (SSSR count). The molecule has 1 heterocycles. The van der Waals surface area contributed by atoms with E-state index in [0.29, 0.717) is 35.5 Å². The van der Waals surface area contributed by atoms with Crippen LogP contribution in [-0.2, 0) is 18.6 Å². The van der Waals surface area contributed by atoms with E-state index in [1.807, 2.05) is 0 Å². The molecule has 6 aliphatic rings. The molecule has 6 saturated carbocycles. The minimum absolute atomic E-state index is 0. The second kappa shape index (κ2) is 26.6. The van der Waals surface area contributed by atoms with Gasteiger partial charge >= 0.3 is 0 Å². The van der Waals surface area contributed by atoms with Crippen molar-refractivity contribution in [3.63, 3.8) is 0 Å². The van der Waals surface area contributed by atoms with E-state index in [-0.39, 0.29) is 55.8 Å². The number of hydrogen-bond donors (Lipinski definition) is 0. The van der Waals surface area contributed by atoms with Gasteiger partial charge in [0.15, 0.2) is 0 Å². The zero-order valence-electron chi connectivity index (χ0n) is 39.9. The molecule has 6 fully saturated rings. The number of hydrogen-bond acceptors (Lipinski definition) is 3. The van der Waals surface area contributed by atoms with E-state index in [1.165, 1.54) is 204 Å². The maximum atomic E-state index is 7.12. The molecule has 0 unspecified atom stereocenters. The SMILES string of the molecule is CC(=Nc1c(C2CCCCC2)cc(C2CCCCC2)cc1C1CCCCC1)c1cc(Cl)cc(C(C)=Nc2c(C3CCCCC3)cc(C3CCCCC3)cc2C2CCCCC2)n1.[Cl-].[Cl-].[Cl-].[V]. The zero-order chi connectivity index (χ0) is 41.5. The van der Waals surface area contributed by atoms with E-state index in [0.717, 1.165) is 27.8 Å². The van der Waals surface area contributed by atoms with Crippen molar-refractivity contribution in [2.75, 3.05) is 0 Å². The summed E-state index contributed by atoms with van der Waals surface area (Å²) in [5.74, 6) is 3.82. The number of rotatable bonds is 10. The molecule has 357 valence electrons. The van der Waals surface area contributed by atoms with Crippen LogP contribution in [0.1, 0.15) is 287 Å². The van der Waals surface area contributed by atoms with Crippen LogP contribution in [0.2, 0.25) is 5.02 Å². The third-order valence-corrected chi connectivity index (χ3v) is 17.0. The van der Waals surface area contributed by atoms with E-state index >= 15 is 0 Å². The summed E-state index contributed by atoms with van der Waals surface area (Å²) in [6.45, 7) is 4.40. The van der Waals surface area contributed by atoms with E-state index < -0.39 is 0 Å². The van der Waals surface area contributed by atoms with E-state index in [1.54, 1.807) is 33.4 Å². The van der Waals surface area contributed by atoms with Crippen LogP contribution in [0.25, 0.3) is 0 Å². The van der Waals surface area contributed by atoms with Crippen LogP contribution in [0.15, 0.2) is 46.4 Å². The number of nitrogens with zero attached hydrogens (tertiary/aromatic N) is 3. The first-order valence-electron chi connectivity index (χ1n) is 26.1. The molecule has 0 saturated heterocycles. The molecule has 0 atom stereocenters. The molecule has 1 aromatic heterocycles. The van der Waals surface area contributed by atoms with Gasteiger partial charge in [0.05, 0.1) is 34.2 Å². The van der Waals surface area contributed by atoms with Gasteiger partial charge in [-0.1, -0.05) is 151 Å². The Hall–Kier alpha value is -1.33. The molecule has 8 heteroatoms. The van der Waals surface area contributed by atoms with Crippen molar-refractivity contribution >= 4 is 34.4 Å². The second-order valence-corrected chi connectivity index (χ2v) is 21.5. The topological polar surface area (TPSA) is 37.6 Å². The number of aromatic nitrogens is 1. The van der Waals surface area contributed by atoms with Gasteiger partial charge in [-0.3, -0.25) is 9.98 Å². The molecule has 1 radical (unpaired) electrons. The van der Waals surface area contributed by atoms with E-state index in [4.69, 9.17) is 26.6 Å². The van der Waals surface area contributed by atoms with Gasteiger partial charge in [0.25, 0.3) is 0 Å². The number of aliphatic imine (C=N–C) groups is 2. The smallest absolute Gasteiger partial charge is 0.0864 e. The molecule has 6 aliphatic carbocycles. The van der Waals surface area contributed by atoms with Gasteiger partial charge in [-0.15, -0.1) is 0 Å². The average molecular weight is 998 g/mol. The van der Waals surface area contributed by atoms with Crippen molar-refractivity contribution < 1.29 is 55.8 Å². The normalized spacial score (nSPS) is 21.7. The zero-order valence-corrected chi connectivity index (χ0v) is 44.4. The summed E-state index contributed by atoms with van der Waals surface area (Å²) in [6, 6.07) is 14.8. The van der Waals surface area contributed by atoms with Crippen LogP contribution < -0.4 is 37.2 Å². The molecule has 65 heavy (non-hydrogen) atoms. The van der Waals surface area contributed by atoms with Crippen molar-refractivity contribution in [1.82, 2.24) is 4.98 Å². The first-order valence-corrected chi connectivity index (χ1v) is 26.5. The third kappa shape index (κ3) is 13.5. The Morgan fingerprint density at radius 2 is 0.615 bits per heavy atom. The van der Waals surface area contributed by atoms with Crippen molar-refractivity contribution in [3.8, 4) is 0 Å². The Balaban J connectivity index is 0.00000198. The fraction of sp³-hybridized carbons (Fsp3) is 0.667. The third-order valence-electron chi connectivity index (χ3n) is 16.8. The van der Waals surface area contributed by atoms with Gasteiger partial charge in [0.2, 0.25) is 0 Å². The molecule has 0 amide bonds. The van der Waals surface area contributed by atoms with Crippen LogP contribution in [0.4, 0.5) is 11.4 Å². The van der Waals surface area contributed by atoms with Gasteiger partial charge < -0.3 is 37.2 Å². The van der Waals surface area contributed by atoms with Crippen molar-refractivity contribution in [2.24, 2.45) is 9.98 Å². The van der Waals surface area contributed by atoms with Crippen LogP contribution >= 0.6 is 11.6 Å². The summed E-state index contributed by atoms with van der Waals surface area (Å²) in [5.41, 5.74) is 15.8. The van der Waals surface area contributed by atoms with Gasteiger partial charge in [-0.05, 0) is 172 Å². The van der Waals surface area contributed by atoms with Crippen LogP contribution in [0, 0.1) is 0 Å². The maximum Gasteiger partial charge on any atom is 0.0864 e. The molecule has 0 bridgehead atoms. The molecule has 3 nitrogen and oxygen atoms in total. The Kier molecular flexibility index (Phi) is 22.3. The number of pyridine rings is 1. The predicted molar refractivity (Wildman–Crippen MR) is 261 cm³/mol. The monoisotopic (exact) mass is 995 g/mol. The fourth-order valence-electron chi connectivity index (χ4n) is 13.2. The first kappa shape index (κ1) is 54.6. The van der Waals surface area contributed by atoms with Crippen LogP contribution in [-0.4, -0.2) is 16.4 Å². The van der Waals surface area contributed by atoms with E-state index in [9.17, 15) is 0 Å². The number of benzene rings is 2. The Labute approximate surface area is 430 Å². The molecular weight excluding hydrogens is 919 g/mol. The molecular formula is C57H78Cl4N3V-3. The maximum absolute atomic E-state index is 7.12. The summed E-state index contributed by atoms with van der Waals surface area (Å²) in [4.78, 5) is 16.9. The van der Waals surface area contributed by atoms with Crippen molar-refractivity contribution in [2.45, 2.75) is 242 Å². The Morgan fingerprint density at radius 1 is 0.385 bits per heavy atom. The van der Waals surface area contributed by atoms with Crippen molar-refractivity contribution in [3.05, 3.63) is 86.2 Å². The predicted octanol–water partition coefficient (Wildman–Crippen LogP) is 9.31. The molecule has 0 spiro atoms. The molecule has 3 aromatic rings. The summed E-state index contributed by atoms with van der Waals surface area (Å²) in [5, 5.41) is 0.726. The quantitative estimate of drug-likeness (QED) is 0.187. The minimum Gasteiger partial charge on any atom is -1.00 e. The van der Waals surface area contributed by atoms with Gasteiger partial charge in [0.1, 0.15) is 0 Å². The largest absolute Gasteiger partial charge is 1.00 e. The summed E-state index contributed by atoms with van der Waals surface area (Å²) < 4.78 is 0. The second-order valence-electron chi connectivity index (χ2n) is 21.1. The molecule has 0 aliphatic heterocycles. The summed E-state index contributed by atoms with van der Waals surface area (Å²) in [7, 11) is 0. The first-order chi connectivity index (χ1) is 30.0. The Bertz CT molecular complexity index is 1790. The number of halogens is 4. The van der Waals surface area contributed by atoms with Crippen LogP contribution in [0.3, 0.4) is 0 Å². The average Bonchev–Trinajstić information content (AvgIpc) is 3.33. The van der Waals surface area contributed by atoms with Gasteiger partial charge in [-0.25, -0.2) is 4.98 Å². The molecule has 2 aromatic carbocycles. The summed E-state index contributed by atoms with van der Waals surface area (Å²) in [6.07, 6.45) is 40.3. The Morgan fingerprint density at radius 3 is 0.862 bits per heavy atom. The standard InChI is InChI=1S/C57H78ClN3.3ClH.V/c1-39(59-56-50(43-25-13-5-14-26-43)33-47(41-21-9-3-10-22-41)34-51(56)44-27-15-6-16-28-44)54-37-49(58)38-55(61-54)40(2)60-57-52(45-29-17-7-18-30-45)35-48(42-23-11-4-12-24-42)36-53(57)46-31-19-8-20-32-46;;;;/h33-38,41-46H,3-32H2,1-2H3;3*1H;/p-3.